The summed E-state index contributed by atoms with van der Waals surface area (Å²) < 4.78 is 31.4. The Labute approximate surface area is 172 Å². The quantitative estimate of drug-likeness (QED) is 0.371. The van der Waals surface area contributed by atoms with Gasteiger partial charge >= 0.3 is 35.5 Å². The average Bonchev–Trinajstić information content (AvgIpc) is 2.79. The van der Waals surface area contributed by atoms with Crippen LogP contribution in [0, 0.1) is 0 Å². The van der Waals surface area contributed by atoms with Gasteiger partial charge < -0.3 is 11.4 Å². The zero-order chi connectivity index (χ0) is 18.4. The van der Waals surface area contributed by atoms with Crippen LogP contribution in [0.5, 0.6) is 0 Å². The maximum atomic E-state index is 12.2. The van der Waals surface area contributed by atoms with E-state index < -0.39 is 32.7 Å². The van der Waals surface area contributed by atoms with Gasteiger partial charge in [-0.15, -0.1) is 0 Å². The number of benzene rings is 2. The molecule has 8 nitrogen and oxygen atoms in total. The molecule has 10 heteroatoms. The fourth-order valence-corrected chi connectivity index (χ4v) is 3.04. The molecule has 0 saturated carbocycles. The van der Waals surface area contributed by atoms with Crippen LogP contribution in [0.1, 0.15) is 27.7 Å². The van der Waals surface area contributed by atoms with Crippen molar-refractivity contribution in [1.82, 2.24) is 0 Å². The fourth-order valence-electron chi connectivity index (χ4n) is 2.53. The van der Waals surface area contributed by atoms with E-state index in [4.69, 9.17) is 9.66 Å². The van der Waals surface area contributed by atoms with E-state index in [1.54, 1.807) is 0 Å². The van der Waals surface area contributed by atoms with E-state index in [1.807, 2.05) is 0 Å². The molecule has 0 radical (unpaired) electrons. The number of rotatable bonds is 4. The van der Waals surface area contributed by atoms with Crippen LogP contribution >= 0.6 is 0 Å². The molecule has 1 aliphatic heterocycles. The van der Waals surface area contributed by atoms with Crippen LogP contribution in [-0.2, 0) is 21.5 Å². The third kappa shape index (κ3) is 3.71. The van der Waals surface area contributed by atoms with E-state index in [0.29, 0.717) is 5.56 Å². The Hall–Kier alpha value is -2.04. The predicted molar refractivity (Wildman–Crippen MR) is 86.3 cm³/mol. The SMILES string of the molecule is O=C(O)c1ccc(CN2C(=O)C(=O)c3cc(S(=O)(=O)O)ccc32)cc1.[H-].[Na+]. The largest absolute Gasteiger partial charge is 1.00 e. The van der Waals surface area contributed by atoms with E-state index in [9.17, 15) is 22.8 Å². The number of carbonyl (C=O) groups is 3. The third-order valence-corrected chi connectivity index (χ3v) is 4.63. The molecule has 0 atom stereocenters. The van der Waals surface area contributed by atoms with Gasteiger partial charge in [-0.25, -0.2) is 4.79 Å². The van der Waals surface area contributed by atoms with Crippen molar-refractivity contribution < 1.29 is 63.4 Å². The summed E-state index contributed by atoms with van der Waals surface area (Å²) in [5, 5.41) is 8.88. The van der Waals surface area contributed by atoms with Gasteiger partial charge in [0.15, 0.2) is 0 Å². The summed E-state index contributed by atoms with van der Waals surface area (Å²) in [5.41, 5.74) is 0.801. The van der Waals surface area contributed by atoms with Crippen LogP contribution in [-0.4, -0.2) is 35.7 Å². The van der Waals surface area contributed by atoms with Crippen LogP contribution in [0.2, 0.25) is 0 Å². The van der Waals surface area contributed by atoms with E-state index in [1.165, 1.54) is 35.2 Å². The number of aromatic carboxylic acids is 1. The molecule has 1 aliphatic rings. The number of ketones is 1. The van der Waals surface area contributed by atoms with Crippen molar-refractivity contribution in [3.05, 3.63) is 59.2 Å². The number of carboxylic acids is 1. The number of fused-ring (bicyclic) bond motifs is 1. The molecule has 3 rings (SSSR count). The standard InChI is InChI=1S/C16H11NO7S.Na.H/c18-14-12-7-11(25(22,23)24)5-6-13(12)17(15(14)19)8-9-1-3-10(4-2-9)16(20)21;;/h1-7H,8H2,(H,20,21)(H,22,23,24);;/q;+1;-1. The molecule has 26 heavy (non-hydrogen) atoms. The van der Waals surface area contributed by atoms with Gasteiger partial charge in [-0.1, -0.05) is 12.1 Å². The number of hydrogen-bond donors (Lipinski definition) is 2. The van der Waals surface area contributed by atoms with Crippen molar-refractivity contribution in [3.63, 3.8) is 0 Å². The molecule has 0 aliphatic carbocycles. The molecule has 1 heterocycles. The van der Waals surface area contributed by atoms with Crippen molar-refractivity contribution in [2.24, 2.45) is 0 Å². The minimum absolute atomic E-state index is 0. The van der Waals surface area contributed by atoms with Gasteiger partial charge in [0.05, 0.1) is 28.3 Å². The van der Waals surface area contributed by atoms with Crippen molar-refractivity contribution in [2.75, 3.05) is 4.90 Å². The molecule has 2 N–H and O–H groups in total. The van der Waals surface area contributed by atoms with Crippen molar-refractivity contribution in [2.45, 2.75) is 11.4 Å². The fraction of sp³-hybridized carbons (Fsp3) is 0.0625. The van der Waals surface area contributed by atoms with E-state index in [0.717, 1.165) is 12.1 Å². The molecule has 2 aromatic carbocycles. The Kier molecular flexibility index (Phi) is 5.69. The second kappa shape index (κ2) is 7.29. The molecular weight excluding hydrogens is 373 g/mol. The van der Waals surface area contributed by atoms with Crippen molar-refractivity contribution in [3.8, 4) is 0 Å². The molecule has 130 valence electrons. The molecule has 0 unspecified atom stereocenters. The van der Waals surface area contributed by atoms with E-state index >= 15 is 0 Å². The first-order chi connectivity index (χ1) is 11.7. The Bertz CT molecular complexity index is 1020. The van der Waals surface area contributed by atoms with Crippen LogP contribution in [0.4, 0.5) is 5.69 Å². The maximum absolute atomic E-state index is 12.2. The van der Waals surface area contributed by atoms with Gasteiger partial charge in [0.2, 0.25) is 0 Å². The summed E-state index contributed by atoms with van der Waals surface area (Å²) in [6.07, 6.45) is 0. The summed E-state index contributed by atoms with van der Waals surface area (Å²) in [7, 11) is -4.49. The number of amides is 1. The van der Waals surface area contributed by atoms with Crippen LogP contribution in [0.3, 0.4) is 0 Å². The van der Waals surface area contributed by atoms with Gasteiger partial charge in [0.1, 0.15) is 0 Å². The normalized spacial score (nSPS) is 13.3. The van der Waals surface area contributed by atoms with Gasteiger partial charge in [-0.2, -0.15) is 8.42 Å². The van der Waals surface area contributed by atoms with Crippen LogP contribution < -0.4 is 34.5 Å². The molecule has 0 fully saturated rings. The molecular formula is C16H12NNaO7S. The number of nitrogens with zero attached hydrogens (tertiary/aromatic N) is 1. The Morgan fingerprint density at radius 2 is 1.69 bits per heavy atom. The average molecular weight is 385 g/mol. The molecule has 0 bridgehead atoms. The Morgan fingerprint density at radius 3 is 2.23 bits per heavy atom. The topological polar surface area (TPSA) is 129 Å². The summed E-state index contributed by atoms with van der Waals surface area (Å²) in [6, 6.07) is 9.12. The predicted octanol–water partition coefficient (Wildman–Crippen LogP) is -1.52. The number of Topliss-reactive ketones (excluding diaryl/α,β-unsaturated/α-hetero) is 1. The molecule has 2 aromatic rings. The zero-order valence-corrected chi connectivity index (χ0v) is 16.4. The summed E-state index contributed by atoms with van der Waals surface area (Å²) >= 11 is 0. The molecule has 1 amide bonds. The first-order valence-corrected chi connectivity index (χ1v) is 8.42. The number of carboxylic acid groups (broad SMARTS) is 1. The van der Waals surface area contributed by atoms with E-state index in [2.05, 4.69) is 0 Å². The summed E-state index contributed by atoms with van der Waals surface area (Å²) in [4.78, 5) is 35.8. The van der Waals surface area contributed by atoms with Gasteiger partial charge in [-0.3, -0.25) is 14.1 Å². The number of hydrogen-bond acceptors (Lipinski definition) is 5. The maximum Gasteiger partial charge on any atom is 1.00 e. The zero-order valence-electron chi connectivity index (χ0n) is 14.5. The molecule has 0 spiro atoms. The number of carbonyl (C=O) groups excluding carboxylic acids is 2. The van der Waals surface area contributed by atoms with Gasteiger partial charge in [0, 0.05) is 0 Å². The minimum Gasteiger partial charge on any atom is -1.00 e. The second-order valence-corrected chi connectivity index (χ2v) is 6.80. The smallest absolute Gasteiger partial charge is 1.00 e. The summed E-state index contributed by atoms with van der Waals surface area (Å²) in [5.74, 6) is -2.78. The third-order valence-electron chi connectivity index (χ3n) is 3.78. The van der Waals surface area contributed by atoms with Gasteiger partial charge in [0.25, 0.3) is 21.8 Å². The summed E-state index contributed by atoms with van der Waals surface area (Å²) in [6.45, 7) is 0.0166. The Morgan fingerprint density at radius 1 is 1.08 bits per heavy atom. The van der Waals surface area contributed by atoms with Gasteiger partial charge in [-0.05, 0) is 35.9 Å². The van der Waals surface area contributed by atoms with E-state index in [-0.39, 0.29) is 54.3 Å². The Balaban J connectivity index is 0.00000182. The first kappa shape index (κ1) is 20.3. The van der Waals surface area contributed by atoms with Crippen LogP contribution in [0.15, 0.2) is 47.4 Å². The molecule has 0 saturated heterocycles. The molecule has 0 aromatic heterocycles. The second-order valence-electron chi connectivity index (χ2n) is 5.38. The minimum atomic E-state index is -4.49. The monoisotopic (exact) mass is 385 g/mol. The first-order valence-electron chi connectivity index (χ1n) is 6.98. The van der Waals surface area contributed by atoms with Crippen molar-refractivity contribution >= 4 is 33.5 Å². The van der Waals surface area contributed by atoms with Crippen molar-refractivity contribution in [1.29, 1.82) is 0 Å². The van der Waals surface area contributed by atoms with Crippen LogP contribution in [0.25, 0.3) is 0 Å². The number of anilines is 1.